The summed E-state index contributed by atoms with van der Waals surface area (Å²) in [6, 6.07) is 8.26. The van der Waals surface area contributed by atoms with Crippen LogP contribution in [0.4, 0.5) is 5.95 Å². The number of rotatable bonds is 6. The smallest absolute Gasteiger partial charge is 0.222 e. The van der Waals surface area contributed by atoms with Gasteiger partial charge in [-0.25, -0.2) is 15.0 Å². The molecular formula is C20H26N6. The minimum Gasteiger partial charge on any atom is -0.354 e. The minimum atomic E-state index is 0.461. The second-order valence-corrected chi connectivity index (χ2v) is 7.06. The lowest BCUT2D eigenvalue weighted by Crippen LogP contribution is -2.34. The van der Waals surface area contributed by atoms with Gasteiger partial charge in [0.15, 0.2) is 0 Å². The lowest BCUT2D eigenvalue weighted by molar-refractivity contribution is 0.197. The van der Waals surface area contributed by atoms with Gasteiger partial charge in [0.2, 0.25) is 5.95 Å². The minimum absolute atomic E-state index is 0.461. The molecule has 0 saturated carbocycles. The van der Waals surface area contributed by atoms with Crippen molar-refractivity contribution in [1.29, 1.82) is 0 Å². The van der Waals surface area contributed by atoms with E-state index < -0.39 is 0 Å². The van der Waals surface area contributed by atoms with E-state index >= 15 is 0 Å². The third-order valence-electron chi connectivity index (χ3n) is 4.94. The molecule has 6 nitrogen and oxygen atoms in total. The molecule has 3 heterocycles. The molecule has 0 aliphatic carbocycles. The highest BCUT2D eigenvalue weighted by Crippen LogP contribution is 2.27. The van der Waals surface area contributed by atoms with Gasteiger partial charge in [0, 0.05) is 43.5 Å². The van der Waals surface area contributed by atoms with E-state index in [0.717, 1.165) is 61.0 Å². The molecule has 0 spiro atoms. The van der Waals surface area contributed by atoms with Crippen molar-refractivity contribution in [3.8, 4) is 0 Å². The number of para-hydroxylation sites is 2. The molecular weight excluding hydrogens is 324 g/mol. The van der Waals surface area contributed by atoms with Crippen LogP contribution in [0.5, 0.6) is 0 Å². The summed E-state index contributed by atoms with van der Waals surface area (Å²) in [4.78, 5) is 19.6. The Kier molecular flexibility index (Phi) is 5.11. The Morgan fingerprint density at radius 2 is 2.08 bits per heavy atom. The number of aromatic amines is 1. The van der Waals surface area contributed by atoms with Crippen molar-refractivity contribution in [2.75, 3.05) is 25.0 Å². The maximum Gasteiger partial charge on any atom is 0.222 e. The van der Waals surface area contributed by atoms with Gasteiger partial charge in [0.05, 0.1) is 11.0 Å². The Bertz CT molecular complexity index is 808. The predicted octanol–water partition coefficient (Wildman–Crippen LogP) is 3.55. The zero-order chi connectivity index (χ0) is 17.8. The number of piperidine rings is 1. The first-order chi connectivity index (χ1) is 12.8. The highest BCUT2D eigenvalue weighted by Gasteiger charge is 2.24. The van der Waals surface area contributed by atoms with Crippen LogP contribution in [0.15, 0.2) is 36.7 Å². The summed E-state index contributed by atoms with van der Waals surface area (Å²) >= 11 is 0. The normalized spacial score (nSPS) is 18.3. The summed E-state index contributed by atoms with van der Waals surface area (Å²) in [6.07, 6.45) is 7.33. The van der Waals surface area contributed by atoms with Crippen LogP contribution in [-0.4, -0.2) is 44.5 Å². The third-order valence-corrected chi connectivity index (χ3v) is 4.94. The Balaban J connectivity index is 1.40. The van der Waals surface area contributed by atoms with Gasteiger partial charge in [-0.2, -0.15) is 0 Å². The lowest BCUT2D eigenvalue weighted by Gasteiger charge is -2.31. The van der Waals surface area contributed by atoms with E-state index in [1.54, 1.807) is 0 Å². The van der Waals surface area contributed by atoms with Crippen LogP contribution in [0, 0.1) is 0 Å². The molecule has 26 heavy (non-hydrogen) atoms. The van der Waals surface area contributed by atoms with Gasteiger partial charge in [0.25, 0.3) is 0 Å². The number of likely N-dealkylation sites (tertiary alicyclic amines) is 1. The van der Waals surface area contributed by atoms with Gasteiger partial charge in [-0.05, 0) is 37.9 Å². The highest BCUT2D eigenvalue weighted by molar-refractivity contribution is 5.74. The van der Waals surface area contributed by atoms with Crippen molar-refractivity contribution in [3.63, 3.8) is 0 Å². The topological polar surface area (TPSA) is 69.7 Å². The average molecular weight is 350 g/mol. The molecule has 1 aliphatic heterocycles. The van der Waals surface area contributed by atoms with E-state index in [4.69, 9.17) is 4.98 Å². The first-order valence-electron chi connectivity index (χ1n) is 9.53. The SMILES string of the molecule is CCCNc1ncc(CN2CCCC(c3nc4ccccc4[nH]3)C2)cn1. The van der Waals surface area contributed by atoms with E-state index in [1.165, 1.54) is 12.8 Å². The van der Waals surface area contributed by atoms with E-state index in [-0.39, 0.29) is 0 Å². The van der Waals surface area contributed by atoms with Crippen molar-refractivity contribution >= 4 is 17.0 Å². The molecule has 1 saturated heterocycles. The molecule has 1 aliphatic rings. The fourth-order valence-electron chi connectivity index (χ4n) is 3.61. The molecule has 4 rings (SSSR count). The van der Waals surface area contributed by atoms with Crippen LogP contribution < -0.4 is 5.32 Å². The zero-order valence-corrected chi connectivity index (χ0v) is 15.3. The summed E-state index contributed by atoms with van der Waals surface area (Å²) in [6.45, 7) is 6.08. The zero-order valence-electron chi connectivity index (χ0n) is 15.3. The predicted molar refractivity (Wildman–Crippen MR) is 104 cm³/mol. The molecule has 1 unspecified atom stereocenters. The molecule has 1 fully saturated rings. The molecule has 1 aromatic carbocycles. The Morgan fingerprint density at radius 1 is 1.23 bits per heavy atom. The maximum atomic E-state index is 4.80. The fourth-order valence-corrected chi connectivity index (χ4v) is 3.61. The van der Waals surface area contributed by atoms with Crippen molar-refractivity contribution in [2.24, 2.45) is 0 Å². The number of anilines is 1. The standard InChI is InChI=1S/C20H26N6/c1-2-9-21-20-22-11-15(12-23-20)13-26-10-5-6-16(14-26)19-24-17-7-3-4-8-18(17)25-19/h3-4,7-8,11-12,16H,2,5-6,9-10,13-14H2,1H3,(H,24,25)(H,21,22,23). The molecule has 0 bridgehead atoms. The summed E-state index contributed by atoms with van der Waals surface area (Å²) in [5.41, 5.74) is 3.35. The van der Waals surface area contributed by atoms with Crippen LogP contribution in [0.25, 0.3) is 11.0 Å². The summed E-state index contributed by atoms with van der Waals surface area (Å²) in [5, 5.41) is 3.22. The molecule has 1 atom stereocenters. The lowest BCUT2D eigenvalue weighted by atomic mass is 9.97. The van der Waals surface area contributed by atoms with Gasteiger partial charge in [-0.3, -0.25) is 4.90 Å². The largest absolute Gasteiger partial charge is 0.354 e. The second-order valence-electron chi connectivity index (χ2n) is 7.06. The number of hydrogen-bond donors (Lipinski definition) is 2. The number of benzene rings is 1. The van der Waals surface area contributed by atoms with Gasteiger partial charge >= 0.3 is 0 Å². The number of nitrogens with one attached hydrogen (secondary N) is 2. The van der Waals surface area contributed by atoms with Crippen LogP contribution in [0.2, 0.25) is 0 Å². The number of imidazole rings is 1. The van der Waals surface area contributed by atoms with Crippen LogP contribution in [0.3, 0.4) is 0 Å². The Hall–Kier alpha value is -2.47. The number of fused-ring (bicyclic) bond motifs is 1. The van der Waals surface area contributed by atoms with Gasteiger partial charge in [0.1, 0.15) is 5.82 Å². The second kappa shape index (κ2) is 7.83. The molecule has 6 heteroatoms. The van der Waals surface area contributed by atoms with Crippen molar-refractivity contribution in [1.82, 2.24) is 24.8 Å². The molecule has 3 aromatic rings. The van der Waals surface area contributed by atoms with Crippen LogP contribution >= 0.6 is 0 Å². The van der Waals surface area contributed by atoms with Crippen molar-refractivity contribution in [3.05, 3.63) is 48.0 Å². The third kappa shape index (κ3) is 3.85. The number of nitrogens with zero attached hydrogens (tertiary/aromatic N) is 4. The number of aromatic nitrogens is 4. The van der Waals surface area contributed by atoms with Gasteiger partial charge in [-0.1, -0.05) is 19.1 Å². The summed E-state index contributed by atoms with van der Waals surface area (Å²) in [5.74, 6) is 2.29. The fraction of sp³-hybridized carbons (Fsp3) is 0.450. The molecule has 2 N–H and O–H groups in total. The average Bonchev–Trinajstić information content (AvgIpc) is 3.12. The highest BCUT2D eigenvalue weighted by atomic mass is 15.1. The maximum absolute atomic E-state index is 4.80. The summed E-state index contributed by atoms with van der Waals surface area (Å²) in [7, 11) is 0. The monoisotopic (exact) mass is 350 g/mol. The quantitative estimate of drug-likeness (QED) is 0.711. The Labute approximate surface area is 154 Å². The van der Waals surface area contributed by atoms with E-state index in [9.17, 15) is 0 Å². The first kappa shape index (κ1) is 17.0. The van der Waals surface area contributed by atoms with Gasteiger partial charge < -0.3 is 10.3 Å². The van der Waals surface area contributed by atoms with Crippen LogP contribution in [-0.2, 0) is 6.54 Å². The summed E-state index contributed by atoms with van der Waals surface area (Å²) < 4.78 is 0. The number of hydrogen-bond acceptors (Lipinski definition) is 5. The molecule has 0 radical (unpaired) electrons. The van der Waals surface area contributed by atoms with E-state index in [2.05, 4.69) is 50.3 Å². The number of H-pyrrole nitrogens is 1. The van der Waals surface area contributed by atoms with Crippen molar-refractivity contribution < 1.29 is 0 Å². The molecule has 2 aromatic heterocycles. The van der Waals surface area contributed by atoms with E-state index in [1.807, 2.05) is 18.5 Å². The Morgan fingerprint density at radius 3 is 2.88 bits per heavy atom. The molecule has 136 valence electrons. The van der Waals surface area contributed by atoms with E-state index in [0.29, 0.717) is 5.92 Å². The van der Waals surface area contributed by atoms with Gasteiger partial charge in [-0.15, -0.1) is 0 Å². The van der Waals surface area contributed by atoms with Crippen LogP contribution in [0.1, 0.15) is 43.5 Å². The van der Waals surface area contributed by atoms with Crippen molar-refractivity contribution in [2.45, 2.75) is 38.6 Å². The first-order valence-corrected chi connectivity index (χ1v) is 9.53. The molecule has 0 amide bonds.